The van der Waals surface area contributed by atoms with Gasteiger partial charge in [0, 0.05) is 44.4 Å². The maximum atomic E-state index is 12.1. The number of hydrogen-bond donors (Lipinski definition) is 0. The van der Waals surface area contributed by atoms with Crippen molar-refractivity contribution in [3.8, 4) is 11.5 Å². The average molecular weight is 306 g/mol. The molecule has 22 heavy (non-hydrogen) atoms. The lowest BCUT2D eigenvalue weighted by Gasteiger charge is -2.36. The van der Waals surface area contributed by atoms with Gasteiger partial charge in [0.2, 0.25) is 5.91 Å². The van der Waals surface area contributed by atoms with Crippen LogP contribution in [-0.4, -0.2) is 51.2 Å². The van der Waals surface area contributed by atoms with Crippen molar-refractivity contribution in [1.82, 2.24) is 4.90 Å². The van der Waals surface area contributed by atoms with Crippen LogP contribution < -0.4 is 14.4 Å². The van der Waals surface area contributed by atoms with E-state index in [0.29, 0.717) is 6.42 Å². The van der Waals surface area contributed by atoms with E-state index in [-0.39, 0.29) is 5.91 Å². The van der Waals surface area contributed by atoms with Gasteiger partial charge in [0.25, 0.3) is 0 Å². The Morgan fingerprint density at radius 3 is 2.36 bits per heavy atom. The van der Waals surface area contributed by atoms with Crippen molar-refractivity contribution in [2.45, 2.75) is 26.2 Å². The highest BCUT2D eigenvalue weighted by Crippen LogP contribution is 2.31. The Morgan fingerprint density at radius 2 is 1.77 bits per heavy atom. The molecule has 1 aliphatic heterocycles. The minimum absolute atomic E-state index is 0.286. The van der Waals surface area contributed by atoms with Crippen molar-refractivity contribution in [2.75, 3.05) is 45.3 Å². The second kappa shape index (κ2) is 7.92. The number of amides is 1. The molecule has 2 rings (SSSR count). The zero-order valence-electron chi connectivity index (χ0n) is 13.8. The lowest BCUT2D eigenvalue weighted by Crippen LogP contribution is -2.48. The minimum atomic E-state index is 0.286. The van der Waals surface area contributed by atoms with Crippen LogP contribution in [0.1, 0.15) is 26.2 Å². The summed E-state index contributed by atoms with van der Waals surface area (Å²) in [4.78, 5) is 16.3. The molecule has 1 aromatic rings. The average Bonchev–Trinajstić information content (AvgIpc) is 2.59. The molecule has 0 atom stereocenters. The lowest BCUT2D eigenvalue weighted by molar-refractivity contribution is -0.131. The van der Waals surface area contributed by atoms with Crippen LogP contribution >= 0.6 is 0 Å². The zero-order valence-corrected chi connectivity index (χ0v) is 13.8. The van der Waals surface area contributed by atoms with Gasteiger partial charge >= 0.3 is 0 Å². The van der Waals surface area contributed by atoms with Gasteiger partial charge in [-0.1, -0.05) is 13.3 Å². The van der Waals surface area contributed by atoms with Crippen LogP contribution in [0.2, 0.25) is 0 Å². The van der Waals surface area contributed by atoms with Gasteiger partial charge in [-0.2, -0.15) is 0 Å². The van der Waals surface area contributed by atoms with E-state index < -0.39 is 0 Å². The van der Waals surface area contributed by atoms with E-state index in [9.17, 15) is 4.79 Å². The standard InChI is InChI=1S/C17H26N2O3/c1-4-5-6-17(20)19-11-9-18(10-12-19)14-7-8-15(21-2)16(13-14)22-3/h7-8,13H,4-6,9-12H2,1-3H3. The number of hydrogen-bond acceptors (Lipinski definition) is 4. The molecule has 1 aromatic carbocycles. The summed E-state index contributed by atoms with van der Waals surface area (Å²) >= 11 is 0. The fourth-order valence-corrected chi connectivity index (χ4v) is 2.72. The highest BCUT2D eigenvalue weighted by molar-refractivity contribution is 5.76. The van der Waals surface area contributed by atoms with Crippen molar-refractivity contribution in [1.29, 1.82) is 0 Å². The summed E-state index contributed by atoms with van der Waals surface area (Å²) in [6, 6.07) is 5.95. The van der Waals surface area contributed by atoms with E-state index in [4.69, 9.17) is 9.47 Å². The smallest absolute Gasteiger partial charge is 0.222 e. The van der Waals surface area contributed by atoms with Crippen molar-refractivity contribution in [3.05, 3.63) is 18.2 Å². The number of unbranched alkanes of at least 4 members (excludes halogenated alkanes) is 1. The molecule has 5 nitrogen and oxygen atoms in total. The van der Waals surface area contributed by atoms with Crippen LogP contribution in [0.15, 0.2) is 18.2 Å². The van der Waals surface area contributed by atoms with Crippen LogP contribution in [0.3, 0.4) is 0 Å². The van der Waals surface area contributed by atoms with Gasteiger partial charge in [0.15, 0.2) is 11.5 Å². The Hall–Kier alpha value is -1.91. The quantitative estimate of drug-likeness (QED) is 0.810. The van der Waals surface area contributed by atoms with Crippen LogP contribution in [0.4, 0.5) is 5.69 Å². The molecule has 1 aliphatic rings. The first-order valence-electron chi connectivity index (χ1n) is 7.94. The molecule has 0 unspecified atom stereocenters. The Morgan fingerprint density at radius 1 is 1.09 bits per heavy atom. The Kier molecular flexibility index (Phi) is 5.92. The number of carbonyl (C=O) groups excluding carboxylic acids is 1. The molecule has 122 valence electrons. The van der Waals surface area contributed by atoms with Gasteiger partial charge in [0.1, 0.15) is 0 Å². The van der Waals surface area contributed by atoms with E-state index >= 15 is 0 Å². The van der Waals surface area contributed by atoms with Gasteiger partial charge in [-0.05, 0) is 18.6 Å². The van der Waals surface area contributed by atoms with Gasteiger partial charge < -0.3 is 19.3 Å². The molecule has 1 heterocycles. The van der Waals surface area contributed by atoms with Crippen molar-refractivity contribution < 1.29 is 14.3 Å². The molecule has 1 saturated heterocycles. The molecule has 0 spiro atoms. The molecule has 0 N–H and O–H groups in total. The number of methoxy groups -OCH3 is 2. The number of carbonyl (C=O) groups is 1. The number of anilines is 1. The summed E-state index contributed by atoms with van der Waals surface area (Å²) in [5, 5.41) is 0. The highest BCUT2D eigenvalue weighted by atomic mass is 16.5. The van der Waals surface area contributed by atoms with Crippen LogP contribution in [0.5, 0.6) is 11.5 Å². The maximum absolute atomic E-state index is 12.1. The second-order valence-corrected chi connectivity index (χ2v) is 5.51. The summed E-state index contributed by atoms with van der Waals surface area (Å²) in [5.74, 6) is 1.76. The van der Waals surface area contributed by atoms with E-state index in [1.54, 1.807) is 14.2 Å². The van der Waals surface area contributed by atoms with E-state index in [0.717, 1.165) is 56.2 Å². The first-order chi connectivity index (χ1) is 10.7. The number of ether oxygens (including phenoxy) is 2. The third-order valence-corrected chi connectivity index (χ3v) is 4.11. The third-order valence-electron chi connectivity index (χ3n) is 4.11. The second-order valence-electron chi connectivity index (χ2n) is 5.51. The minimum Gasteiger partial charge on any atom is -0.493 e. The fraction of sp³-hybridized carbons (Fsp3) is 0.588. The highest BCUT2D eigenvalue weighted by Gasteiger charge is 2.21. The number of nitrogens with zero attached hydrogens (tertiary/aromatic N) is 2. The molecule has 1 amide bonds. The molecule has 1 fully saturated rings. The van der Waals surface area contributed by atoms with Crippen LogP contribution in [-0.2, 0) is 4.79 Å². The molecule has 0 bridgehead atoms. The first-order valence-corrected chi connectivity index (χ1v) is 7.94. The number of rotatable bonds is 6. The molecule has 5 heteroatoms. The zero-order chi connectivity index (χ0) is 15.9. The van der Waals surface area contributed by atoms with E-state index in [1.165, 1.54) is 0 Å². The summed E-state index contributed by atoms with van der Waals surface area (Å²) < 4.78 is 10.6. The molecular weight excluding hydrogens is 280 g/mol. The largest absolute Gasteiger partial charge is 0.493 e. The molecular formula is C17H26N2O3. The molecule has 0 aliphatic carbocycles. The summed E-state index contributed by atoms with van der Waals surface area (Å²) in [7, 11) is 3.28. The SMILES string of the molecule is CCCCC(=O)N1CCN(c2ccc(OC)c(OC)c2)CC1. The van der Waals surface area contributed by atoms with Crippen LogP contribution in [0.25, 0.3) is 0 Å². The van der Waals surface area contributed by atoms with Gasteiger partial charge in [-0.25, -0.2) is 0 Å². The molecule has 0 aromatic heterocycles. The van der Waals surface area contributed by atoms with Gasteiger partial charge in [0.05, 0.1) is 14.2 Å². The Balaban J connectivity index is 1.95. The van der Waals surface area contributed by atoms with Crippen molar-refractivity contribution in [2.24, 2.45) is 0 Å². The van der Waals surface area contributed by atoms with Crippen molar-refractivity contribution >= 4 is 11.6 Å². The number of piperazine rings is 1. The molecule has 0 saturated carbocycles. The summed E-state index contributed by atoms with van der Waals surface area (Å²) in [5.41, 5.74) is 1.11. The number of benzene rings is 1. The van der Waals surface area contributed by atoms with Gasteiger partial charge in [-0.3, -0.25) is 4.79 Å². The molecule has 0 radical (unpaired) electrons. The first kappa shape index (κ1) is 16.5. The predicted octanol–water partition coefficient (Wildman–Crippen LogP) is 2.54. The Labute approximate surface area is 132 Å². The monoisotopic (exact) mass is 306 g/mol. The Bertz CT molecular complexity index is 497. The predicted molar refractivity (Wildman–Crippen MR) is 87.9 cm³/mol. The fourth-order valence-electron chi connectivity index (χ4n) is 2.72. The summed E-state index contributed by atoms with van der Waals surface area (Å²) in [6.45, 7) is 5.40. The van der Waals surface area contributed by atoms with Gasteiger partial charge in [-0.15, -0.1) is 0 Å². The van der Waals surface area contributed by atoms with E-state index in [1.807, 2.05) is 23.1 Å². The normalized spacial score (nSPS) is 14.9. The lowest BCUT2D eigenvalue weighted by atomic mass is 10.2. The summed E-state index contributed by atoms with van der Waals surface area (Å²) in [6.07, 6.45) is 2.72. The van der Waals surface area contributed by atoms with E-state index in [2.05, 4.69) is 11.8 Å². The topological polar surface area (TPSA) is 42.0 Å². The third kappa shape index (κ3) is 3.84. The van der Waals surface area contributed by atoms with Crippen molar-refractivity contribution in [3.63, 3.8) is 0 Å². The maximum Gasteiger partial charge on any atom is 0.222 e. The van der Waals surface area contributed by atoms with Crippen LogP contribution in [0, 0.1) is 0 Å².